The minimum Gasteiger partial charge on any atom is -0.492 e. The van der Waals surface area contributed by atoms with Crippen molar-refractivity contribution in [1.29, 1.82) is 0 Å². The number of halogens is 1. The lowest BCUT2D eigenvalue weighted by Crippen LogP contribution is -2.38. The molecule has 0 aliphatic carbocycles. The number of fused-ring (bicyclic) bond motifs is 3. The first kappa shape index (κ1) is 27.9. The Balaban J connectivity index is 1.41. The number of benzene rings is 2. The van der Waals surface area contributed by atoms with Crippen LogP contribution in [0.25, 0.3) is 16.5 Å². The molecule has 0 unspecified atom stereocenters. The average molecular weight is 550 g/mol. The number of carbonyl (C=O) groups excluding carboxylic acids is 2. The van der Waals surface area contributed by atoms with Crippen molar-refractivity contribution >= 4 is 28.4 Å². The number of nitrogens with zero attached hydrogens (tertiary/aromatic N) is 2. The molecule has 1 fully saturated rings. The van der Waals surface area contributed by atoms with Gasteiger partial charge in [-0.1, -0.05) is 13.8 Å². The van der Waals surface area contributed by atoms with Crippen LogP contribution in [0.5, 0.6) is 5.75 Å². The van der Waals surface area contributed by atoms with E-state index < -0.39 is 11.4 Å². The van der Waals surface area contributed by atoms with Gasteiger partial charge in [-0.25, -0.2) is 9.18 Å². The van der Waals surface area contributed by atoms with Gasteiger partial charge < -0.3 is 24.1 Å². The molecule has 5 rings (SSSR count). The van der Waals surface area contributed by atoms with E-state index in [0.717, 1.165) is 43.8 Å². The van der Waals surface area contributed by atoms with Gasteiger partial charge in [0.15, 0.2) is 0 Å². The summed E-state index contributed by atoms with van der Waals surface area (Å²) in [6, 6.07) is 11.6. The molecule has 0 radical (unpaired) electrons. The van der Waals surface area contributed by atoms with Gasteiger partial charge >= 0.3 is 5.97 Å². The molecule has 2 aliphatic heterocycles. The zero-order valence-corrected chi connectivity index (χ0v) is 23.5. The maximum absolute atomic E-state index is 14.0. The van der Waals surface area contributed by atoms with Crippen LogP contribution in [0.2, 0.25) is 0 Å². The molecule has 0 bridgehead atoms. The van der Waals surface area contributed by atoms with E-state index in [1.54, 1.807) is 55.3 Å². The lowest BCUT2D eigenvalue weighted by atomic mass is 9.81. The summed E-state index contributed by atoms with van der Waals surface area (Å²) < 4.78 is 30.9. The molecule has 3 heterocycles. The molecule has 0 saturated carbocycles. The quantitative estimate of drug-likeness (QED) is 0.429. The summed E-state index contributed by atoms with van der Waals surface area (Å²) >= 11 is 0. The molecule has 212 valence electrons. The zero-order valence-electron chi connectivity index (χ0n) is 23.5. The fourth-order valence-corrected chi connectivity index (χ4v) is 5.39. The van der Waals surface area contributed by atoms with Gasteiger partial charge in [0.2, 0.25) is 0 Å². The fraction of sp³-hybridized carbons (Fsp3) is 0.419. The number of hydrogen-bond donors (Lipinski definition) is 1. The van der Waals surface area contributed by atoms with Crippen molar-refractivity contribution in [2.45, 2.75) is 39.2 Å². The van der Waals surface area contributed by atoms with Crippen LogP contribution in [-0.2, 0) is 19.7 Å². The second-order valence-electron chi connectivity index (χ2n) is 11.2. The summed E-state index contributed by atoms with van der Waals surface area (Å²) in [4.78, 5) is 34.1. The Labute approximate surface area is 233 Å². The van der Waals surface area contributed by atoms with Gasteiger partial charge in [0, 0.05) is 54.3 Å². The first-order valence-electron chi connectivity index (χ1n) is 13.7. The normalized spacial score (nSPS) is 17.4. The summed E-state index contributed by atoms with van der Waals surface area (Å²) in [5, 5.41) is 0.803. The highest BCUT2D eigenvalue weighted by Crippen LogP contribution is 2.41. The van der Waals surface area contributed by atoms with Crippen LogP contribution in [-0.4, -0.2) is 78.8 Å². The minimum atomic E-state index is -0.569. The standard InChI is InChI=1S/C31H36FN3O5/c1-20(2)40-30(37)25-18-35(19-31(3,4)27-24-10-7-22(32)17-26(24)33-28(25)27)29(36)21-5-8-23(9-6-21)39-16-13-34-11-14-38-15-12-34/h5-10,17-18,20,33H,11-16,19H2,1-4H3. The number of nitrogens with one attached hydrogen (secondary N) is 1. The van der Waals surface area contributed by atoms with E-state index in [9.17, 15) is 14.0 Å². The second-order valence-corrected chi connectivity index (χ2v) is 11.2. The van der Waals surface area contributed by atoms with Crippen molar-refractivity contribution in [1.82, 2.24) is 14.8 Å². The largest absolute Gasteiger partial charge is 0.492 e. The first-order chi connectivity index (χ1) is 19.1. The van der Waals surface area contributed by atoms with Gasteiger partial charge in [-0.15, -0.1) is 0 Å². The van der Waals surface area contributed by atoms with Crippen molar-refractivity contribution in [3.63, 3.8) is 0 Å². The number of ether oxygens (including phenoxy) is 3. The number of aromatic nitrogens is 1. The molecule has 2 aliphatic rings. The zero-order chi connectivity index (χ0) is 28.4. The Kier molecular flexibility index (Phi) is 7.96. The second kappa shape index (κ2) is 11.4. The monoisotopic (exact) mass is 549 g/mol. The molecule has 1 N–H and O–H groups in total. The molecule has 0 atom stereocenters. The van der Waals surface area contributed by atoms with E-state index in [0.29, 0.717) is 35.7 Å². The number of morpholine rings is 1. The fourth-order valence-electron chi connectivity index (χ4n) is 5.39. The summed E-state index contributed by atoms with van der Waals surface area (Å²) in [6.07, 6.45) is 1.20. The summed E-state index contributed by atoms with van der Waals surface area (Å²) in [6.45, 7) is 12.5. The summed E-state index contributed by atoms with van der Waals surface area (Å²) in [5.41, 5.74) is 2.10. The van der Waals surface area contributed by atoms with E-state index in [2.05, 4.69) is 9.88 Å². The number of carbonyl (C=O) groups is 2. The lowest BCUT2D eigenvalue weighted by molar-refractivity contribution is -0.140. The molecule has 2 aromatic carbocycles. The van der Waals surface area contributed by atoms with Crippen LogP contribution in [0.3, 0.4) is 0 Å². The van der Waals surface area contributed by atoms with Crippen molar-refractivity contribution in [2.24, 2.45) is 0 Å². The van der Waals surface area contributed by atoms with Gasteiger partial charge in [0.25, 0.3) is 5.91 Å². The summed E-state index contributed by atoms with van der Waals surface area (Å²) in [5.74, 6) is -0.486. The molecular weight excluding hydrogens is 513 g/mol. The number of esters is 1. The van der Waals surface area contributed by atoms with E-state index in [1.807, 2.05) is 13.8 Å². The Morgan fingerprint density at radius 3 is 2.52 bits per heavy atom. The molecule has 1 saturated heterocycles. The predicted molar refractivity (Wildman–Crippen MR) is 151 cm³/mol. The number of amides is 1. The van der Waals surface area contributed by atoms with Crippen LogP contribution in [0.4, 0.5) is 4.39 Å². The van der Waals surface area contributed by atoms with Crippen LogP contribution in [0.15, 0.2) is 48.7 Å². The number of H-pyrrole nitrogens is 1. The highest BCUT2D eigenvalue weighted by Gasteiger charge is 2.37. The number of aromatic amines is 1. The third-order valence-electron chi connectivity index (χ3n) is 7.26. The van der Waals surface area contributed by atoms with Gasteiger partial charge in [-0.2, -0.15) is 0 Å². The third-order valence-corrected chi connectivity index (χ3v) is 7.26. The van der Waals surface area contributed by atoms with Crippen LogP contribution >= 0.6 is 0 Å². The Bertz CT molecular complexity index is 1420. The van der Waals surface area contributed by atoms with Crippen LogP contribution < -0.4 is 4.74 Å². The third kappa shape index (κ3) is 5.90. The average Bonchev–Trinajstić information content (AvgIpc) is 3.25. The van der Waals surface area contributed by atoms with Gasteiger partial charge in [0.1, 0.15) is 18.2 Å². The topological polar surface area (TPSA) is 84.1 Å². The molecule has 1 aromatic heterocycles. The lowest BCUT2D eigenvalue weighted by Gasteiger charge is -2.29. The number of hydrogen-bond acceptors (Lipinski definition) is 6. The molecular formula is C31H36FN3O5. The molecule has 40 heavy (non-hydrogen) atoms. The summed E-state index contributed by atoms with van der Waals surface area (Å²) in [7, 11) is 0. The minimum absolute atomic E-state index is 0.224. The van der Waals surface area contributed by atoms with E-state index >= 15 is 0 Å². The highest BCUT2D eigenvalue weighted by atomic mass is 19.1. The number of rotatable bonds is 7. The molecule has 8 nitrogen and oxygen atoms in total. The maximum atomic E-state index is 14.0. The molecule has 9 heteroatoms. The Morgan fingerprint density at radius 2 is 1.82 bits per heavy atom. The van der Waals surface area contributed by atoms with Crippen molar-refractivity contribution in [3.8, 4) is 5.75 Å². The van der Waals surface area contributed by atoms with Crippen molar-refractivity contribution in [2.75, 3.05) is 46.0 Å². The SMILES string of the molecule is CC(C)OC(=O)C1=CN(C(=O)c2ccc(OCCN3CCOCC3)cc2)CC(C)(C)c2c1[nH]c1cc(F)ccc21. The van der Waals surface area contributed by atoms with Gasteiger partial charge in [-0.05, 0) is 61.9 Å². The van der Waals surface area contributed by atoms with Crippen molar-refractivity contribution in [3.05, 3.63) is 71.3 Å². The Morgan fingerprint density at radius 1 is 1.10 bits per heavy atom. The highest BCUT2D eigenvalue weighted by molar-refractivity contribution is 6.18. The molecule has 0 spiro atoms. The first-order valence-corrected chi connectivity index (χ1v) is 13.7. The van der Waals surface area contributed by atoms with E-state index in [1.165, 1.54) is 12.1 Å². The van der Waals surface area contributed by atoms with E-state index in [-0.39, 0.29) is 23.4 Å². The molecule has 3 aromatic rings. The van der Waals surface area contributed by atoms with Crippen LogP contribution in [0, 0.1) is 5.82 Å². The Hall–Kier alpha value is -3.69. The van der Waals surface area contributed by atoms with E-state index in [4.69, 9.17) is 14.2 Å². The van der Waals surface area contributed by atoms with Crippen LogP contribution in [0.1, 0.15) is 49.3 Å². The van der Waals surface area contributed by atoms with Crippen molar-refractivity contribution < 1.29 is 28.2 Å². The van der Waals surface area contributed by atoms with Gasteiger partial charge in [-0.3, -0.25) is 9.69 Å². The van der Waals surface area contributed by atoms with Gasteiger partial charge in [0.05, 0.1) is 30.6 Å². The molecule has 1 amide bonds. The smallest absolute Gasteiger partial charge is 0.342 e. The maximum Gasteiger partial charge on any atom is 0.342 e. The predicted octanol–water partition coefficient (Wildman–Crippen LogP) is 4.74.